The number of likely N-dealkylation sites (tertiary alicyclic amines) is 2. The molecule has 2 saturated heterocycles. The van der Waals surface area contributed by atoms with Crippen LogP contribution in [0.3, 0.4) is 0 Å². The Morgan fingerprint density at radius 1 is 0.500 bits per heavy atom. The van der Waals surface area contributed by atoms with Crippen LogP contribution >= 0.6 is 0 Å². The first-order chi connectivity index (χ1) is 19.1. The van der Waals surface area contributed by atoms with Crippen molar-refractivity contribution in [1.82, 2.24) is 31.3 Å². The van der Waals surface area contributed by atoms with Crippen molar-refractivity contribution in [3.05, 3.63) is 0 Å². The number of carbonyl (C=O) groups excluding carboxylic acids is 6. The number of carbonyl (C=O) groups is 6. The molecule has 0 radical (unpaired) electrons. The van der Waals surface area contributed by atoms with Gasteiger partial charge in [0.05, 0.1) is 0 Å². The van der Waals surface area contributed by atoms with E-state index >= 15 is 0 Å². The highest BCUT2D eigenvalue weighted by atomic mass is 16.2. The topological polar surface area (TPSA) is 157 Å². The molecule has 0 bridgehead atoms. The molecule has 0 aromatic heterocycles. The lowest BCUT2D eigenvalue weighted by atomic mass is 9.76. The Kier molecular flexibility index (Phi) is 10.8. The van der Waals surface area contributed by atoms with Crippen molar-refractivity contribution in [2.75, 3.05) is 0 Å². The molecule has 2 aliphatic rings. The Morgan fingerprint density at radius 3 is 0.976 bits per heavy atom. The Bertz CT molecular complexity index is 962. The van der Waals surface area contributed by atoms with Crippen LogP contribution < -0.4 is 21.5 Å². The number of rotatable bonds is 8. The number of hydrazine groups is 1. The fourth-order valence-electron chi connectivity index (χ4n) is 7.79. The maximum atomic E-state index is 12.5. The molecular formula is C30H52N6O6. The molecule has 238 valence electrons. The highest BCUT2D eigenvalue weighted by Crippen LogP contribution is 2.39. The Hall–Kier alpha value is -3.18. The van der Waals surface area contributed by atoms with Crippen LogP contribution in [-0.4, -0.2) is 79.5 Å². The molecule has 0 aromatic carbocycles. The van der Waals surface area contributed by atoms with E-state index in [0.29, 0.717) is 25.7 Å². The molecule has 0 atom stereocenters. The summed E-state index contributed by atoms with van der Waals surface area (Å²) in [5.74, 6) is -1.60. The van der Waals surface area contributed by atoms with E-state index in [4.69, 9.17) is 0 Å². The van der Waals surface area contributed by atoms with Gasteiger partial charge in [0.1, 0.15) is 0 Å². The Morgan fingerprint density at radius 2 is 0.738 bits per heavy atom. The lowest BCUT2D eigenvalue weighted by Crippen LogP contribution is -2.65. The molecule has 0 spiro atoms. The summed E-state index contributed by atoms with van der Waals surface area (Å²) in [6.07, 6.45) is 2.08. The Labute approximate surface area is 250 Å². The smallest absolute Gasteiger partial charge is 0.238 e. The standard InChI is InChI=1S/C30H52N6O6/c1-19(37)35-27(3,4)15-21(16-28(35,5)6)31-23(39)11-13-25(41)33-34-26(42)14-12-24(40)32-22-17-29(7,8)36(20(2)38)30(9,10)18-22/h21-22H,11-18H2,1-10H3,(H,31,39)(H,32,40)(H,33,41)(H,34,42). The quantitative estimate of drug-likeness (QED) is 0.316. The zero-order chi connectivity index (χ0) is 32.3. The molecule has 2 rings (SSSR count). The normalized spacial score (nSPS) is 21.2. The minimum atomic E-state index is -0.517. The highest BCUT2D eigenvalue weighted by Gasteiger charge is 2.48. The maximum Gasteiger partial charge on any atom is 0.238 e. The van der Waals surface area contributed by atoms with Gasteiger partial charge in [0.25, 0.3) is 0 Å². The predicted octanol–water partition coefficient (Wildman–Crippen LogP) is 2.06. The second-order valence-electron chi connectivity index (χ2n) is 14.4. The number of hydrogen-bond acceptors (Lipinski definition) is 6. The van der Waals surface area contributed by atoms with Crippen molar-refractivity contribution in [2.45, 2.75) is 155 Å². The monoisotopic (exact) mass is 592 g/mol. The molecule has 0 unspecified atom stereocenters. The van der Waals surface area contributed by atoms with Crippen molar-refractivity contribution in [2.24, 2.45) is 0 Å². The second kappa shape index (κ2) is 13.0. The van der Waals surface area contributed by atoms with Crippen molar-refractivity contribution in [3.8, 4) is 0 Å². The predicted molar refractivity (Wildman–Crippen MR) is 158 cm³/mol. The third-order valence-corrected chi connectivity index (χ3v) is 8.26. The lowest BCUT2D eigenvalue weighted by Gasteiger charge is -2.55. The molecule has 2 heterocycles. The summed E-state index contributed by atoms with van der Waals surface area (Å²) >= 11 is 0. The SMILES string of the molecule is CC(=O)N1C(C)(C)CC(NC(=O)CCC(=O)NNC(=O)CCC(=O)NC2CC(C)(C)N(C(C)=O)C(C)(C)C2)CC1(C)C. The van der Waals surface area contributed by atoms with Crippen LogP contribution in [0.15, 0.2) is 0 Å². The van der Waals surface area contributed by atoms with Gasteiger partial charge in [-0.15, -0.1) is 0 Å². The van der Waals surface area contributed by atoms with E-state index in [-0.39, 0.29) is 61.4 Å². The van der Waals surface area contributed by atoms with Crippen LogP contribution in [0.2, 0.25) is 0 Å². The number of nitrogens with zero attached hydrogens (tertiary/aromatic N) is 2. The minimum absolute atomic E-state index is 0.00589. The highest BCUT2D eigenvalue weighted by molar-refractivity contribution is 5.87. The van der Waals surface area contributed by atoms with E-state index in [0.717, 1.165) is 0 Å². The molecule has 42 heavy (non-hydrogen) atoms. The average Bonchev–Trinajstić information content (AvgIpc) is 2.75. The van der Waals surface area contributed by atoms with Gasteiger partial charge >= 0.3 is 0 Å². The molecule has 0 saturated carbocycles. The maximum absolute atomic E-state index is 12.5. The fourth-order valence-corrected chi connectivity index (χ4v) is 7.79. The first kappa shape index (κ1) is 35.0. The van der Waals surface area contributed by atoms with Gasteiger partial charge in [-0.1, -0.05) is 0 Å². The van der Waals surface area contributed by atoms with Crippen LogP contribution in [0.5, 0.6) is 0 Å². The van der Waals surface area contributed by atoms with Crippen LogP contribution in [-0.2, 0) is 28.8 Å². The molecule has 0 aliphatic carbocycles. The summed E-state index contributed by atoms with van der Waals surface area (Å²) in [4.78, 5) is 77.6. The molecule has 12 nitrogen and oxygen atoms in total. The van der Waals surface area contributed by atoms with E-state index in [2.05, 4.69) is 21.5 Å². The second-order valence-corrected chi connectivity index (χ2v) is 14.4. The number of amides is 6. The van der Waals surface area contributed by atoms with E-state index in [1.807, 2.05) is 65.2 Å². The summed E-state index contributed by atoms with van der Waals surface area (Å²) in [5.41, 5.74) is 2.89. The van der Waals surface area contributed by atoms with Crippen molar-refractivity contribution < 1.29 is 28.8 Å². The zero-order valence-electron chi connectivity index (χ0n) is 27.2. The molecular weight excluding hydrogens is 540 g/mol. The van der Waals surface area contributed by atoms with E-state index in [1.165, 1.54) is 0 Å². The van der Waals surface area contributed by atoms with Gasteiger partial charge in [-0.05, 0) is 81.1 Å². The van der Waals surface area contributed by atoms with Gasteiger partial charge in [-0.3, -0.25) is 39.6 Å². The van der Waals surface area contributed by atoms with Gasteiger partial charge in [-0.25, -0.2) is 0 Å². The fraction of sp³-hybridized carbons (Fsp3) is 0.800. The number of hydrogen-bond donors (Lipinski definition) is 4. The van der Waals surface area contributed by atoms with Gasteiger partial charge in [0.15, 0.2) is 0 Å². The lowest BCUT2D eigenvalue weighted by molar-refractivity contribution is -0.149. The van der Waals surface area contributed by atoms with Crippen LogP contribution in [0, 0.1) is 0 Å². The molecule has 6 amide bonds. The van der Waals surface area contributed by atoms with Crippen molar-refractivity contribution in [3.63, 3.8) is 0 Å². The molecule has 12 heteroatoms. The zero-order valence-corrected chi connectivity index (χ0v) is 27.2. The summed E-state index contributed by atoms with van der Waals surface area (Å²) < 4.78 is 0. The van der Waals surface area contributed by atoms with Gasteiger partial charge in [-0.2, -0.15) is 0 Å². The molecule has 0 aromatic rings. The summed E-state index contributed by atoms with van der Waals surface area (Å²) in [7, 11) is 0. The average molecular weight is 593 g/mol. The molecule has 2 fully saturated rings. The largest absolute Gasteiger partial charge is 0.353 e. The molecule has 2 aliphatic heterocycles. The van der Waals surface area contributed by atoms with Gasteiger partial charge < -0.3 is 20.4 Å². The number of piperidine rings is 2. The summed E-state index contributed by atoms with van der Waals surface area (Å²) in [6.45, 7) is 19.0. The van der Waals surface area contributed by atoms with Crippen LogP contribution in [0.4, 0.5) is 0 Å². The van der Waals surface area contributed by atoms with E-state index < -0.39 is 34.0 Å². The van der Waals surface area contributed by atoms with Gasteiger partial charge in [0, 0.05) is 73.8 Å². The van der Waals surface area contributed by atoms with Gasteiger partial charge in [0.2, 0.25) is 35.4 Å². The van der Waals surface area contributed by atoms with Crippen molar-refractivity contribution >= 4 is 35.4 Å². The first-order valence-electron chi connectivity index (χ1n) is 14.9. The third-order valence-electron chi connectivity index (χ3n) is 8.26. The minimum Gasteiger partial charge on any atom is -0.353 e. The van der Waals surface area contributed by atoms with Crippen LogP contribution in [0.1, 0.15) is 121 Å². The van der Waals surface area contributed by atoms with E-state index in [9.17, 15) is 28.8 Å². The third kappa shape index (κ3) is 9.16. The Balaban J connectivity index is 1.71. The summed E-state index contributed by atoms with van der Waals surface area (Å²) in [5, 5.41) is 5.97. The van der Waals surface area contributed by atoms with Crippen molar-refractivity contribution in [1.29, 1.82) is 0 Å². The number of nitrogens with one attached hydrogen (secondary N) is 4. The molecule has 4 N–H and O–H groups in total. The first-order valence-corrected chi connectivity index (χ1v) is 14.9. The van der Waals surface area contributed by atoms with Crippen LogP contribution in [0.25, 0.3) is 0 Å². The van der Waals surface area contributed by atoms with E-state index in [1.54, 1.807) is 13.8 Å². The summed E-state index contributed by atoms with van der Waals surface area (Å²) in [6, 6.07) is -0.267.